The highest BCUT2D eigenvalue weighted by molar-refractivity contribution is 5.32. The van der Waals surface area contributed by atoms with Gasteiger partial charge < -0.3 is 10.1 Å². The monoisotopic (exact) mass is 191 g/mol. The molecular formula is C12H17NO. The van der Waals surface area contributed by atoms with Crippen molar-refractivity contribution in [1.82, 2.24) is 5.32 Å². The van der Waals surface area contributed by atoms with Crippen molar-refractivity contribution in [3.8, 4) is 5.75 Å². The van der Waals surface area contributed by atoms with Gasteiger partial charge in [-0.3, -0.25) is 0 Å². The van der Waals surface area contributed by atoms with E-state index < -0.39 is 0 Å². The van der Waals surface area contributed by atoms with Crippen LogP contribution in [0.1, 0.15) is 24.3 Å². The van der Waals surface area contributed by atoms with Crippen molar-refractivity contribution in [3.63, 3.8) is 0 Å². The van der Waals surface area contributed by atoms with Crippen LogP contribution in [0.15, 0.2) is 24.3 Å². The molecule has 0 aliphatic heterocycles. The first-order valence-corrected chi connectivity index (χ1v) is 5.14. The molecule has 1 N–H and O–H groups in total. The van der Waals surface area contributed by atoms with Gasteiger partial charge in [0.2, 0.25) is 0 Å². The predicted octanol–water partition coefficient (Wildman–Crippen LogP) is 2.16. The van der Waals surface area contributed by atoms with Crippen molar-refractivity contribution in [2.24, 2.45) is 0 Å². The second-order valence-corrected chi connectivity index (χ2v) is 3.93. The third-order valence-electron chi connectivity index (χ3n) is 3.11. The smallest absolute Gasteiger partial charge is 0.119 e. The summed E-state index contributed by atoms with van der Waals surface area (Å²) in [7, 11) is 3.75. The maximum Gasteiger partial charge on any atom is 0.119 e. The van der Waals surface area contributed by atoms with Crippen LogP contribution in [-0.2, 0) is 0 Å². The topological polar surface area (TPSA) is 21.3 Å². The van der Waals surface area contributed by atoms with E-state index in [1.165, 1.54) is 18.4 Å². The van der Waals surface area contributed by atoms with Gasteiger partial charge in [0.05, 0.1) is 7.11 Å². The normalized spacial score (nSPS) is 25.6. The van der Waals surface area contributed by atoms with E-state index in [2.05, 4.69) is 23.5 Å². The van der Waals surface area contributed by atoms with Gasteiger partial charge in [0.15, 0.2) is 0 Å². The SMILES string of the molecule is CNC1CC(c2cccc(OC)c2)C1. The van der Waals surface area contributed by atoms with Crippen molar-refractivity contribution in [1.29, 1.82) is 0 Å². The van der Waals surface area contributed by atoms with Gasteiger partial charge in [0.1, 0.15) is 5.75 Å². The lowest BCUT2D eigenvalue weighted by Gasteiger charge is -2.35. The predicted molar refractivity (Wildman–Crippen MR) is 57.8 cm³/mol. The Kier molecular flexibility index (Phi) is 2.73. The zero-order valence-corrected chi connectivity index (χ0v) is 8.79. The average Bonchev–Trinajstić information content (AvgIpc) is 2.17. The Labute approximate surface area is 85.3 Å². The highest BCUT2D eigenvalue weighted by Crippen LogP contribution is 2.37. The first-order chi connectivity index (χ1) is 6.83. The van der Waals surface area contributed by atoms with E-state index in [0.717, 1.165) is 11.7 Å². The largest absolute Gasteiger partial charge is 0.497 e. The van der Waals surface area contributed by atoms with Crippen molar-refractivity contribution in [2.45, 2.75) is 24.8 Å². The molecule has 1 saturated carbocycles. The van der Waals surface area contributed by atoms with Crippen LogP contribution in [0.2, 0.25) is 0 Å². The lowest BCUT2D eigenvalue weighted by molar-refractivity contribution is 0.306. The fraction of sp³-hybridized carbons (Fsp3) is 0.500. The van der Waals surface area contributed by atoms with Gasteiger partial charge in [-0.1, -0.05) is 12.1 Å². The van der Waals surface area contributed by atoms with Crippen LogP contribution < -0.4 is 10.1 Å². The minimum Gasteiger partial charge on any atom is -0.497 e. The zero-order valence-electron chi connectivity index (χ0n) is 8.79. The minimum atomic E-state index is 0.714. The minimum absolute atomic E-state index is 0.714. The first-order valence-electron chi connectivity index (χ1n) is 5.14. The third-order valence-corrected chi connectivity index (χ3v) is 3.11. The molecule has 0 heterocycles. The van der Waals surface area contributed by atoms with Crippen LogP contribution in [-0.4, -0.2) is 20.2 Å². The quantitative estimate of drug-likeness (QED) is 0.790. The molecule has 14 heavy (non-hydrogen) atoms. The van der Waals surface area contributed by atoms with Gasteiger partial charge in [-0.05, 0) is 43.5 Å². The van der Waals surface area contributed by atoms with E-state index in [0.29, 0.717) is 6.04 Å². The standard InChI is InChI=1S/C12H17NO/c1-13-11-6-10(7-11)9-4-3-5-12(8-9)14-2/h3-5,8,10-11,13H,6-7H2,1-2H3. The van der Waals surface area contributed by atoms with Crippen molar-refractivity contribution < 1.29 is 4.74 Å². The molecule has 0 atom stereocenters. The van der Waals surface area contributed by atoms with Crippen LogP contribution in [0.4, 0.5) is 0 Å². The van der Waals surface area contributed by atoms with Crippen molar-refractivity contribution in [2.75, 3.05) is 14.2 Å². The third kappa shape index (κ3) is 1.75. The van der Waals surface area contributed by atoms with E-state index in [1.54, 1.807) is 7.11 Å². The van der Waals surface area contributed by atoms with E-state index in [9.17, 15) is 0 Å². The summed E-state index contributed by atoms with van der Waals surface area (Å²) in [4.78, 5) is 0. The zero-order chi connectivity index (χ0) is 9.97. The van der Waals surface area contributed by atoms with Gasteiger partial charge in [-0.25, -0.2) is 0 Å². The fourth-order valence-corrected chi connectivity index (χ4v) is 2.02. The summed E-state index contributed by atoms with van der Waals surface area (Å²) < 4.78 is 5.21. The summed E-state index contributed by atoms with van der Waals surface area (Å²) in [5, 5.41) is 3.30. The summed E-state index contributed by atoms with van der Waals surface area (Å²) >= 11 is 0. The Bertz CT molecular complexity index is 305. The highest BCUT2D eigenvalue weighted by atomic mass is 16.5. The molecule has 2 rings (SSSR count). The van der Waals surface area contributed by atoms with Gasteiger partial charge in [0, 0.05) is 6.04 Å². The number of benzene rings is 1. The number of hydrogen-bond acceptors (Lipinski definition) is 2. The molecule has 0 saturated heterocycles. The molecule has 2 heteroatoms. The number of hydrogen-bond donors (Lipinski definition) is 1. The molecule has 0 unspecified atom stereocenters. The van der Waals surface area contributed by atoms with Crippen molar-refractivity contribution in [3.05, 3.63) is 29.8 Å². The summed E-state index contributed by atoms with van der Waals surface area (Å²) in [6, 6.07) is 9.12. The first kappa shape index (κ1) is 9.53. The summed E-state index contributed by atoms with van der Waals surface area (Å²) in [6.07, 6.45) is 2.51. The number of nitrogens with one attached hydrogen (secondary N) is 1. The maximum absolute atomic E-state index is 5.21. The second kappa shape index (κ2) is 4.01. The molecule has 1 aliphatic carbocycles. The van der Waals surface area contributed by atoms with Crippen LogP contribution in [0.5, 0.6) is 5.75 Å². The summed E-state index contributed by atoms with van der Waals surface area (Å²) in [5.41, 5.74) is 1.41. The lowest BCUT2D eigenvalue weighted by atomic mass is 9.76. The molecule has 0 aromatic heterocycles. The van der Waals surface area contributed by atoms with Crippen LogP contribution in [0.3, 0.4) is 0 Å². The Balaban J connectivity index is 2.03. The second-order valence-electron chi connectivity index (χ2n) is 3.93. The number of ether oxygens (including phenoxy) is 1. The van der Waals surface area contributed by atoms with Crippen molar-refractivity contribution >= 4 is 0 Å². The Morgan fingerprint density at radius 2 is 2.14 bits per heavy atom. The van der Waals surface area contributed by atoms with Crippen LogP contribution in [0, 0.1) is 0 Å². The fourth-order valence-electron chi connectivity index (χ4n) is 2.02. The molecule has 0 spiro atoms. The van der Waals surface area contributed by atoms with Gasteiger partial charge >= 0.3 is 0 Å². The van der Waals surface area contributed by atoms with Crippen LogP contribution in [0.25, 0.3) is 0 Å². The average molecular weight is 191 g/mol. The summed E-state index contributed by atoms with van der Waals surface area (Å²) in [6.45, 7) is 0. The van der Waals surface area contributed by atoms with E-state index in [-0.39, 0.29) is 0 Å². The Hall–Kier alpha value is -1.02. The van der Waals surface area contributed by atoms with Gasteiger partial charge in [-0.2, -0.15) is 0 Å². The molecular weight excluding hydrogens is 174 g/mol. The molecule has 0 bridgehead atoms. The molecule has 1 aliphatic rings. The molecule has 76 valence electrons. The summed E-state index contributed by atoms with van der Waals surface area (Å²) in [5.74, 6) is 1.69. The number of methoxy groups -OCH3 is 1. The Morgan fingerprint density at radius 1 is 1.36 bits per heavy atom. The van der Waals surface area contributed by atoms with E-state index >= 15 is 0 Å². The molecule has 1 aromatic rings. The molecule has 0 radical (unpaired) electrons. The van der Waals surface area contributed by atoms with Gasteiger partial charge in [-0.15, -0.1) is 0 Å². The lowest BCUT2D eigenvalue weighted by Crippen LogP contribution is -2.37. The molecule has 0 amide bonds. The molecule has 2 nitrogen and oxygen atoms in total. The van der Waals surface area contributed by atoms with E-state index in [1.807, 2.05) is 13.1 Å². The van der Waals surface area contributed by atoms with E-state index in [4.69, 9.17) is 4.74 Å². The van der Waals surface area contributed by atoms with Gasteiger partial charge in [0.25, 0.3) is 0 Å². The molecule has 1 fully saturated rings. The maximum atomic E-state index is 5.21. The highest BCUT2D eigenvalue weighted by Gasteiger charge is 2.28. The molecule has 1 aromatic carbocycles. The Morgan fingerprint density at radius 3 is 2.79 bits per heavy atom. The van der Waals surface area contributed by atoms with Crippen LogP contribution >= 0.6 is 0 Å². The number of rotatable bonds is 3.